The Morgan fingerprint density at radius 3 is 2.47 bits per heavy atom. The fraction of sp³-hybridized carbons (Fsp3) is 0.429. The average Bonchev–Trinajstić information content (AvgIpc) is 2.39. The first-order chi connectivity index (χ1) is 9.11. The lowest BCUT2D eigenvalue weighted by Gasteiger charge is -2.05. The van der Waals surface area contributed by atoms with E-state index in [0.717, 1.165) is 11.3 Å². The van der Waals surface area contributed by atoms with E-state index in [1.165, 1.54) is 0 Å². The Balaban J connectivity index is 2.21. The smallest absolute Gasteiger partial charge is 0.303 e. The lowest BCUT2D eigenvalue weighted by atomic mass is 10.1. The standard InChI is InChI=1S/C14H19NO4/c1-19-12-7-5-11(6-8-12)10-13(16)15-9-3-2-4-14(17)18/h5-8H,2-4,9-10H2,1H3,(H,15,16)(H,17,18). The Morgan fingerprint density at radius 2 is 1.89 bits per heavy atom. The third-order valence-corrected chi connectivity index (χ3v) is 2.66. The predicted molar refractivity (Wildman–Crippen MR) is 71.2 cm³/mol. The number of methoxy groups -OCH3 is 1. The monoisotopic (exact) mass is 265 g/mol. The molecule has 0 saturated heterocycles. The van der Waals surface area contributed by atoms with Gasteiger partial charge >= 0.3 is 5.97 Å². The molecule has 5 nitrogen and oxygen atoms in total. The van der Waals surface area contributed by atoms with Crippen molar-refractivity contribution in [1.29, 1.82) is 0 Å². The topological polar surface area (TPSA) is 75.6 Å². The van der Waals surface area contributed by atoms with E-state index in [1.54, 1.807) is 7.11 Å². The second-order valence-corrected chi connectivity index (χ2v) is 4.23. The van der Waals surface area contributed by atoms with E-state index in [4.69, 9.17) is 9.84 Å². The number of carbonyl (C=O) groups is 2. The van der Waals surface area contributed by atoms with Crippen LogP contribution in [-0.4, -0.2) is 30.6 Å². The van der Waals surface area contributed by atoms with E-state index in [0.29, 0.717) is 25.8 Å². The first-order valence-corrected chi connectivity index (χ1v) is 6.23. The molecule has 0 spiro atoms. The average molecular weight is 265 g/mol. The van der Waals surface area contributed by atoms with Gasteiger partial charge < -0.3 is 15.2 Å². The number of carbonyl (C=O) groups excluding carboxylic acids is 1. The van der Waals surface area contributed by atoms with Gasteiger partial charge in [0.1, 0.15) is 5.75 Å². The Morgan fingerprint density at radius 1 is 1.21 bits per heavy atom. The van der Waals surface area contributed by atoms with Crippen LogP contribution in [0.4, 0.5) is 0 Å². The number of hydrogen-bond donors (Lipinski definition) is 2. The van der Waals surface area contributed by atoms with Crippen molar-refractivity contribution in [1.82, 2.24) is 5.32 Å². The summed E-state index contributed by atoms with van der Waals surface area (Å²) >= 11 is 0. The second-order valence-electron chi connectivity index (χ2n) is 4.23. The van der Waals surface area contributed by atoms with Crippen molar-refractivity contribution in [2.75, 3.05) is 13.7 Å². The molecule has 0 radical (unpaired) electrons. The molecule has 0 fully saturated rings. The number of benzene rings is 1. The predicted octanol–water partition coefficient (Wildman–Crippen LogP) is 1.61. The molecule has 0 aromatic heterocycles. The number of amides is 1. The molecule has 0 aliphatic rings. The normalized spacial score (nSPS) is 9.95. The van der Waals surface area contributed by atoms with Crippen LogP contribution < -0.4 is 10.1 Å². The Hall–Kier alpha value is -2.04. The number of hydrogen-bond acceptors (Lipinski definition) is 3. The highest BCUT2D eigenvalue weighted by Crippen LogP contribution is 2.11. The van der Waals surface area contributed by atoms with Gasteiger partial charge in [0.25, 0.3) is 0 Å². The summed E-state index contributed by atoms with van der Waals surface area (Å²) in [6.07, 6.45) is 1.73. The second kappa shape index (κ2) is 8.13. The molecule has 19 heavy (non-hydrogen) atoms. The molecule has 0 aliphatic carbocycles. The van der Waals surface area contributed by atoms with E-state index in [9.17, 15) is 9.59 Å². The molecule has 0 unspecified atom stereocenters. The van der Waals surface area contributed by atoms with Crippen molar-refractivity contribution >= 4 is 11.9 Å². The molecule has 104 valence electrons. The summed E-state index contributed by atoms with van der Waals surface area (Å²) < 4.78 is 5.04. The van der Waals surface area contributed by atoms with E-state index in [1.807, 2.05) is 24.3 Å². The number of nitrogens with one attached hydrogen (secondary N) is 1. The van der Waals surface area contributed by atoms with Gasteiger partial charge in [0.2, 0.25) is 5.91 Å². The zero-order valence-corrected chi connectivity index (χ0v) is 11.0. The SMILES string of the molecule is COc1ccc(CC(=O)NCCCCC(=O)O)cc1. The maximum Gasteiger partial charge on any atom is 0.303 e. The molecule has 2 N–H and O–H groups in total. The molecule has 1 aromatic rings. The lowest BCUT2D eigenvalue weighted by molar-refractivity contribution is -0.137. The highest BCUT2D eigenvalue weighted by molar-refractivity contribution is 5.78. The molecular weight excluding hydrogens is 246 g/mol. The van der Waals surface area contributed by atoms with Crippen molar-refractivity contribution in [2.45, 2.75) is 25.7 Å². The van der Waals surface area contributed by atoms with Crippen molar-refractivity contribution in [3.63, 3.8) is 0 Å². The molecule has 1 amide bonds. The zero-order chi connectivity index (χ0) is 14.1. The Kier molecular flexibility index (Phi) is 6.43. The van der Waals surface area contributed by atoms with Crippen molar-refractivity contribution < 1.29 is 19.4 Å². The van der Waals surface area contributed by atoms with Crippen LogP contribution in [0.1, 0.15) is 24.8 Å². The summed E-state index contributed by atoms with van der Waals surface area (Å²) in [4.78, 5) is 21.9. The third-order valence-electron chi connectivity index (χ3n) is 2.66. The van der Waals surface area contributed by atoms with Crippen molar-refractivity contribution in [3.05, 3.63) is 29.8 Å². The summed E-state index contributed by atoms with van der Waals surface area (Å²) in [5.41, 5.74) is 0.920. The summed E-state index contributed by atoms with van der Waals surface area (Å²) in [7, 11) is 1.60. The number of rotatable bonds is 8. The summed E-state index contributed by atoms with van der Waals surface area (Å²) in [6.45, 7) is 0.516. The molecular formula is C14H19NO4. The van der Waals surface area contributed by atoms with Gasteiger partial charge in [0, 0.05) is 13.0 Å². The van der Waals surface area contributed by atoms with Crippen LogP contribution in [0.15, 0.2) is 24.3 Å². The molecule has 0 saturated carbocycles. The van der Waals surface area contributed by atoms with Gasteiger partial charge in [-0.2, -0.15) is 0 Å². The molecule has 0 aliphatic heterocycles. The van der Waals surface area contributed by atoms with Crippen LogP contribution >= 0.6 is 0 Å². The summed E-state index contributed by atoms with van der Waals surface area (Å²) in [5, 5.41) is 11.2. The number of aliphatic carboxylic acids is 1. The van der Waals surface area contributed by atoms with Gasteiger partial charge in [-0.05, 0) is 30.5 Å². The highest BCUT2D eigenvalue weighted by atomic mass is 16.5. The van der Waals surface area contributed by atoms with Crippen LogP contribution in [0, 0.1) is 0 Å². The number of ether oxygens (including phenoxy) is 1. The van der Waals surface area contributed by atoms with E-state index in [-0.39, 0.29) is 12.3 Å². The fourth-order valence-corrected chi connectivity index (χ4v) is 1.62. The number of carboxylic acid groups (broad SMARTS) is 1. The summed E-state index contributed by atoms with van der Waals surface area (Å²) in [6, 6.07) is 7.33. The van der Waals surface area contributed by atoms with Crippen LogP contribution in [-0.2, 0) is 16.0 Å². The fourth-order valence-electron chi connectivity index (χ4n) is 1.62. The lowest BCUT2D eigenvalue weighted by Crippen LogP contribution is -2.26. The first-order valence-electron chi connectivity index (χ1n) is 6.23. The van der Waals surface area contributed by atoms with Crippen LogP contribution in [0.5, 0.6) is 5.75 Å². The van der Waals surface area contributed by atoms with Gasteiger partial charge in [-0.1, -0.05) is 12.1 Å². The molecule has 0 bridgehead atoms. The van der Waals surface area contributed by atoms with Crippen molar-refractivity contribution in [3.8, 4) is 5.75 Å². The minimum absolute atomic E-state index is 0.0551. The molecule has 1 aromatic carbocycles. The molecule has 0 atom stereocenters. The molecule has 0 heterocycles. The zero-order valence-electron chi connectivity index (χ0n) is 11.0. The maximum atomic E-state index is 11.6. The van der Waals surface area contributed by atoms with Crippen LogP contribution in [0.25, 0.3) is 0 Å². The Bertz CT molecular complexity index is 414. The summed E-state index contributed by atoms with van der Waals surface area (Å²) in [5.74, 6) is -0.0946. The van der Waals surface area contributed by atoms with Crippen LogP contribution in [0.3, 0.4) is 0 Å². The highest BCUT2D eigenvalue weighted by Gasteiger charge is 2.03. The maximum absolute atomic E-state index is 11.6. The minimum Gasteiger partial charge on any atom is -0.497 e. The minimum atomic E-state index is -0.801. The molecule has 1 rings (SSSR count). The first kappa shape index (κ1) is 15.0. The van der Waals surface area contributed by atoms with Crippen LogP contribution in [0.2, 0.25) is 0 Å². The molecule has 5 heteroatoms. The van der Waals surface area contributed by atoms with Gasteiger partial charge in [0.05, 0.1) is 13.5 Å². The largest absolute Gasteiger partial charge is 0.497 e. The van der Waals surface area contributed by atoms with Gasteiger partial charge in [0.15, 0.2) is 0 Å². The van der Waals surface area contributed by atoms with E-state index < -0.39 is 5.97 Å². The quantitative estimate of drug-likeness (QED) is 0.700. The third kappa shape index (κ3) is 6.45. The van der Waals surface area contributed by atoms with E-state index in [2.05, 4.69) is 5.32 Å². The number of carboxylic acids is 1. The van der Waals surface area contributed by atoms with Gasteiger partial charge in [-0.3, -0.25) is 9.59 Å². The van der Waals surface area contributed by atoms with E-state index >= 15 is 0 Å². The van der Waals surface area contributed by atoms with Crippen molar-refractivity contribution in [2.24, 2.45) is 0 Å². The van der Waals surface area contributed by atoms with Gasteiger partial charge in [-0.15, -0.1) is 0 Å². The van der Waals surface area contributed by atoms with Gasteiger partial charge in [-0.25, -0.2) is 0 Å². The number of unbranched alkanes of at least 4 members (excludes halogenated alkanes) is 1. The Labute approximate surface area is 112 Å².